The van der Waals surface area contributed by atoms with Gasteiger partial charge in [0.1, 0.15) is 11.9 Å². The lowest BCUT2D eigenvalue weighted by atomic mass is 9.95. The summed E-state index contributed by atoms with van der Waals surface area (Å²) in [6, 6.07) is 6.96. The van der Waals surface area contributed by atoms with Crippen molar-refractivity contribution in [3.05, 3.63) is 35.1 Å². The minimum Gasteiger partial charge on any atom is -0.299 e. The maximum Gasteiger partial charge on any atom is 0.145 e. The highest BCUT2D eigenvalue weighted by molar-refractivity contribution is 5.34. The molecule has 1 unspecified atom stereocenters. The van der Waals surface area contributed by atoms with Crippen LogP contribution in [-0.4, -0.2) is 18.0 Å². The Morgan fingerprint density at radius 3 is 2.89 bits per heavy atom. The van der Waals surface area contributed by atoms with E-state index in [4.69, 9.17) is 5.26 Å². The number of nitriles is 1. The number of rotatable bonds is 3. The quantitative estimate of drug-likeness (QED) is 0.819. The van der Waals surface area contributed by atoms with Gasteiger partial charge in [-0.2, -0.15) is 5.26 Å². The first kappa shape index (κ1) is 13.0. The Kier molecular flexibility index (Phi) is 3.98. The highest BCUT2D eigenvalue weighted by atomic mass is 19.1. The first-order chi connectivity index (χ1) is 8.61. The topological polar surface area (TPSA) is 27.0 Å². The van der Waals surface area contributed by atoms with Crippen molar-refractivity contribution in [1.29, 1.82) is 5.26 Å². The second-order valence-electron chi connectivity index (χ2n) is 5.42. The zero-order chi connectivity index (χ0) is 13.1. The first-order valence-electron chi connectivity index (χ1n) is 6.51. The van der Waals surface area contributed by atoms with Crippen LogP contribution in [0.25, 0.3) is 0 Å². The van der Waals surface area contributed by atoms with Crippen LogP contribution in [0.1, 0.15) is 31.4 Å². The average molecular weight is 246 g/mol. The van der Waals surface area contributed by atoms with Crippen LogP contribution < -0.4 is 0 Å². The van der Waals surface area contributed by atoms with E-state index < -0.39 is 0 Å². The van der Waals surface area contributed by atoms with Crippen molar-refractivity contribution in [2.24, 2.45) is 11.8 Å². The van der Waals surface area contributed by atoms with Crippen LogP contribution in [0.5, 0.6) is 0 Å². The molecule has 0 N–H and O–H groups in total. The first-order valence-corrected chi connectivity index (χ1v) is 6.51. The fourth-order valence-corrected chi connectivity index (χ4v) is 2.58. The van der Waals surface area contributed by atoms with E-state index in [0.29, 0.717) is 23.9 Å². The second-order valence-corrected chi connectivity index (χ2v) is 5.42. The maximum atomic E-state index is 13.9. The van der Waals surface area contributed by atoms with Crippen molar-refractivity contribution in [2.45, 2.75) is 26.8 Å². The van der Waals surface area contributed by atoms with Crippen LogP contribution in [0.4, 0.5) is 4.39 Å². The lowest BCUT2D eigenvalue weighted by Crippen LogP contribution is -2.22. The van der Waals surface area contributed by atoms with Gasteiger partial charge >= 0.3 is 0 Å². The maximum absolute atomic E-state index is 13.9. The molecule has 2 nitrogen and oxygen atoms in total. The molecule has 1 aliphatic heterocycles. The molecule has 1 fully saturated rings. The molecule has 0 spiro atoms. The van der Waals surface area contributed by atoms with Crippen LogP contribution >= 0.6 is 0 Å². The van der Waals surface area contributed by atoms with E-state index >= 15 is 0 Å². The Bertz CT molecular complexity index is 462. The average Bonchev–Trinajstić information content (AvgIpc) is 2.80. The summed E-state index contributed by atoms with van der Waals surface area (Å²) in [7, 11) is 0. The molecule has 1 aromatic carbocycles. The third-order valence-corrected chi connectivity index (χ3v) is 3.84. The highest BCUT2D eigenvalue weighted by Crippen LogP contribution is 2.25. The lowest BCUT2D eigenvalue weighted by molar-refractivity contribution is 0.293. The molecule has 0 saturated carbocycles. The molecular formula is C15H19FN2. The zero-order valence-electron chi connectivity index (χ0n) is 11.0. The van der Waals surface area contributed by atoms with Gasteiger partial charge < -0.3 is 0 Å². The summed E-state index contributed by atoms with van der Waals surface area (Å²) in [5.41, 5.74) is 0.783. The van der Waals surface area contributed by atoms with E-state index in [0.717, 1.165) is 13.1 Å². The minimum atomic E-state index is -0.354. The lowest BCUT2D eigenvalue weighted by Gasteiger charge is -2.18. The third kappa shape index (κ3) is 2.70. The van der Waals surface area contributed by atoms with Gasteiger partial charge in [0.25, 0.3) is 0 Å². The molecule has 18 heavy (non-hydrogen) atoms. The van der Waals surface area contributed by atoms with Gasteiger partial charge in [0, 0.05) is 18.7 Å². The summed E-state index contributed by atoms with van der Waals surface area (Å²) >= 11 is 0. The molecule has 0 aromatic heterocycles. The Hall–Kier alpha value is -1.40. The van der Waals surface area contributed by atoms with Crippen molar-refractivity contribution in [1.82, 2.24) is 4.90 Å². The molecule has 1 atom stereocenters. The smallest absolute Gasteiger partial charge is 0.145 e. The summed E-state index contributed by atoms with van der Waals surface area (Å²) in [5.74, 6) is 1.05. The third-order valence-electron chi connectivity index (χ3n) is 3.84. The van der Waals surface area contributed by atoms with E-state index in [2.05, 4.69) is 18.7 Å². The van der Waals surface area contributed by atoms with Gasteiger partial charge in [-0.15, -0.1) is 0 Å². The predicted octanol–water partition coefficient (Wildman–Crippen LogP) is 3.18. The summed E-state index contributed by atoms with van der Waals surface area (Å²) < 4.78 is 13.9. The Morgan fingerprint density at radius 2 is 2.28 bits per heavy atom. The van der Waals surface area contributed by atoms with E-state index in [1.165, 1.54) is 12.5 Å². The predicted molar refractivity (Wildman–Crippen MR) is 69.3 cm³/mol. The van der Waals surface area contributed by atoms with Gasteiger partial charge in [-0.25, -0.2) is 4.39 Å². The number of nitrogens with zero attached hydrogens (tertiary/aromatic N) is 2. The highest BCUT2D eigenvalue weighted by Gasteiger charge is 2.25. The molecule has 3 heteroatoms. The summed E-state index contributed by atoms with van der Waals surface area (Å²) in [6.07, 6.45) is 1.19. The number of benzene rings is 1. The van der Waals surface area contributed by atoms with E-state index in [9.17, 15) is 4.39 Å². The monoisotopic (exact) mass is 246 g/mol. The van der Waals surface area contributed by atoms with E-state index in [1.807, 2.05) is 6.07 Å². The number of likely N-dealkylation sites (tertiary alicyclic amines) is 1. The fourth-order valence-electron chi connectivity index (χ4n) is 2.58. The standard InChI is InChI=1S/C15H19FN2/c1-11(2)13-6-7-18(9-13)10-14-5-3-4-12(8-17)15(14)16/h3-5,11,13H,6-7,9-10H2,1-2H3. The van der Waals surface area contributed by atoms with Gasteiger partial charge in [-0.1, -0.05) is 26.0 Å². The number of halogens is 1. The molecule has 0 radical (unpaired) electrons. The van der Waals surface area contributed by atoms with Crippen molar-refractivity contribution in [2.75, 3.05) is 13.1 Å². The zero-order valence-corrected chi connectivity index (χ0v) is 11.0. The summed E-state index contributed by atoms with van der Waals surface area (Å²) in [6.45, 7) is 7.16. The Labute approximate surface area is 108 Å². The normalized spacial score (nSPS) is 20.3. The van der Waals surface area contributed by atoms with Crippen LogP contribution in [0, 0.1) is 29.0 Å². The largest absolute Gasteiger partial charge is 0.299 e. The van der Waals surface area contributed by atoms with E-state index in [1.54, 1.807) is 12.1 Å². The summed E-state index contributed by atoms with van der Waals surface area (Å²) in [5, 5.41) is 8.81. The number of hydrogen-bond acceptors (Lipinski definition) is 2. The van der Waals surface area contributed by atoms with Crippen LogP contribution in [0.3, 0.4) is 0 Å². The van der Waals surface area contributed by atoms with Crippen molar-refractivity contribution in [3.8, 4) is 6.07 Å². The van der Waals surface area contributed by atoms with Crippen LogP contribution in [0.15, 0.2) is 18.2 Å². The molecule has 0 amide bonds. The van der Waals surface area contributed by atoms with Gasteiger partial charge in [-0.05, 0) is 30.9 Å². The Balaban J connectivity index is 2.05. The molecule has 2 rings (SSSR count). The molecule has 1 heterocycles. The van der Waals surface area contributed by atoms with E-state index in [-0.39, 0.29) is 11.4 Å². The van der Waals surface area contributed by atoms with Crippen LogP contribution in [-0.2, 0) is 6.54 Å². The molecule has 1 aromatic rings. The van der Waals surface area contributed by atoms with Crippen molar-refractivity contribution < 1.29 is 4.39 Å². The SMILES string of the molecule is CC(C)C1CCN(Cc2cccc(C#N)c2F)C1. The van der Waals surface area contributed by atoms with Crippen molar-refractivity contribution in [3.63, 3.8) is 0 Å². The fraction of sp³-hybridized carbons (Fsp3) is 0.533. The molecule has 0 aliphatic carbocycles. The van der Waals surface area contributed by atoms with Crippen LogP contribution in [0.2, 0.25) is 0 Å². The second kappa shape index (κ2) is 5.49. The molecule has 96 valence electrons. The minimum absolute atomic E-state index is 0.145. The number of hydrogen-bond donors (Lipinski definition) is 0. The van der Waals surface area contributed by atoms with Gasteiger partial charge in [-0.3, -0.25) is 4.90 Å². The molecule has 1 saturated heterocycles. The van der Waals surface area contributed by atoms with Gasteiger partial charge in [0.05, 0.1) is 5.56 Å². The molecular weight excluding hydrogens is 227 g/mol. The van der Waals surface area contributed by atoms with Gasteiger partial charge in [0.2, 0.25) is 0 Å². The molecule has 1 aliphatic rings. The van der Waals surface area contributed by atoms with Gasteiger partial charge in [0.15, 0.2) is 0 Å². The Morgan fingerprint density at radius 1 is 1.50 bits per heavy atom. The summed E-state index contributed by atoms with van der Waals surface area (Å²) in [4.78, 5) is 2.28. The van der Waals surface area contributed by atoms with Crippen molar-refractivity contribution >= 4 is 0 Å². The molecule has 0 bridgehead atoms.